The maximum Gasteiger partial charge on any atom is 0.277 e. The molecule has 0 atom stereocenters. The molecule has 0 spiro atoms. The number of nitrogen functional groups attached to an aromatic ring is 1. The molecule has 0 saturated carbocycles. The number of rotatable bonds is 2. The van der Waals surface area contributed by atoms with Crippen LogP contribution in [0.5, 0.6) is 0 Å². The molecule has 0 aliphatic carbocycles. The van der Waals surface area contributed by atoms with Crippen LogP contribution in [0.3, 0.4) is 0 Å². The van der Waals surface area contributed by atoms with Crippen LogP contribution in [0.15, 0.2) is 30.3 Å². The van der Waals surface area contributed by atoms with Crippen LogP contribution < -0.4 is 11.1 Å². The van der Waals surface area contributed by atoms with Crippen LogP contribution in [0.4, 0.5) is 11.5 Å². The summed E-state index contributed by atoms with van der Waals surface area (Å²) in [6.45, 7) is 3.84. The van der Waals surface area contributed by atoms with Gasteiger partial charge in [0.1, 0.15) is 5.82 Å². The third-order valence-corrected chi connectivity index (χ3v) is 3.14. The van der Waals surface area contributed by atoms with Crippen molar-refractivity contribution >= 4 is 28.3 Å². The van der Waals surface area contributed by atoms with Gasteiger partial charge in [-0.15, -0.1) is 0 Å². The molecule has 0 fully saturated rings. The van der Waals surface area contributed by atoms with Crippen LogP contribution >= 0.6 is 0 Å². The van der Waals surface area contributed by atoms with Gasteiger partial charge in [-0.3, -0.25) is 9.89 Å². The van der Waals surface area contributed by atoms with Crippen molar-refractivity contribution in [2.75, 3.05) is 11.1 Å². The third kappa shape index (κ3) is 2.55. The Morgan fingerprint density at radius 2 is 2.05 bits per heavy atom. The Bertz CT molecular complexity index is 817. The van der Waals surface area contributed by atoms with Crippen molar-refractivity contribution in [3.05, 3.63) is 47.3 Å². The number of benzene rings is 1. The van der Waals surface area contributed by atoms with E-state index in [1.165, 1.54) is 0 Å². The summed E-state index contributed by atoms with van der Waals surface area (Å²) in [7, 11) is 0. The molecule has 2 heterocycles. The fourth-order valence-corrected chi connectivity index (χ4v) is 2.29. The van der Waals surface area contributed by atoms with E-state index in [9.17, 15) is 4.79 Å². The first kappa shape index (κ1) is 13.1. The molecule has 0 saturated heterocycles. The topological polar surface area (TPSA) is 96.7 Å². The Balaban J connectivity index is 1.95. The molecule has 0 aliphatic heterocycles. The van der Waals surface area contributed by atoms with Crippen LogP contribution in [0, 0.1) is 13.8 Å². The smallest absolute Gasteiger partial charge is 0.277 e. The highest BCUT2D eigenvalue weighted by Gasteiger charge is 2.15. The van der Waals surface area contributed by atoms with Crippen LogP contribution in [0.1, 0.15) is 21.7 Å². The SMILES string of the molecule is Cc1cc(C)nc(NC(=O)c2n[nH]c3ccc(N)cc23)c1. The highest BCUT2D eigenvalue weighted by molar-refractivity contribution is 6.11. The Morgan fingerprint density at radius 3 is 2.81 bits per heavy atom. The van der Waals surface area contributed by atoms with Gasteiger partial charge in [0.15, 0.2) is 5.69 Å². The zero-order chi connectivity index (χ0) is 15.0. The van der Waals surface area contributed by atoms with Gasteiger partial charge in [0.25, 0.3) is 5.91 Å². The van der Waals surface area contributed by atoms with E-state index in [1.54, 1.807) is 18.2 Å². The molecular weight excluding hydrogens is 266 g/mol. The van der Waals surface area contributed by atoms with E-state index < -0.39 is 0 Å². The van der Waals surface area contributed by atoms with Crippen molar-refractivity contribution < 1.29 is 4.79 Å². The van der Waals surface area contributed by atoms with Crippen molar-refractivity contribution in [2.24, 2.45) is 0 Å². The summed E-state index contributed by atoms with van der Waals surface area (Å²) < 4.78 is 0. The van der Waals surface area contributed by atoms with Gasteiger partial charge in [-0.1, -0.05) is 0 Å². The first-order chi connectivity index (χ1) is 10.0. The maximum atomic E-state index is 12.3. The zero-order valence-corrected chi connectivity index (χ0v) is 11.8. The lowest BCUT2D eigenvalue weighted by molar-refractivity contribution is 0.102. The van der Waals surface area contributed by atoms with E-state index in [4.69, 9.17) is 5.73 Å². The second-order valence-corrected chi connectivity index (χ2v) is 5.00. The van der Waals surface area contributed by atoms with Crippen molar-refractivity contribution in [1.82, 2.24) is 15.2 Å². The van der Waals surface area contributed by atoms with Crippen LogP contribution in [-0.4, -0.2) is 21.1 Å². The number of amides is 1. The van der Waals surface area contributed by atoms with E-state index in [2.05, 4.69) is 20.5 Å². The number of hydrogen-bond acceptors (Lipinski definition) is 4. The van der Waals surface area contributed by atoms with Crippen LogP contribution in [-0.2, 0) is 0 Å². The maximum absolute atomic E-state index is 12.3. The normalized spacial score (nSPS) is 10.8. The number of aromatic nitrogens is 3. The Hall–Kier alpha value is -2.89. The molecule has 3 rings (SSSR count). The second-order valence-electron chi connectivity index (χ2n) is 5.00. The van der Waals surface area contributed by atoms with E-state index in [0.717, 1.165) is 16.8 Å². The predicted molar refractivity (Wildman–Crippen MR) is 82.2 cm³/mol. The summed E-state index contributed by atoms with van der Waals surface area (Å²) >= 11 is 0. The predicted octanol–water partition coefficient (Wildman–Crippen LogP) is 2.41. The lowest BCUT2D eigenvalue weighted by Gasteiger charge is -2.05. The summed E-state index contributed by atoms with van der Waals surface area (Å²) in [5, 5.41) is 10.3. The Labute approximate surface area is 121 Å². The van der Waals surface area contributed by atoms with Gasteiger partial charge in [-0.2, -0.15) is 5.10 Å². The number of pyridine rings is 1. The molecular formula is C15H15N5O. The number of hydrogen-bond donors (Lipinski definition) is 3. The number of fused-ring (bicyclic) bond motifs is 1. The Morgan fingerprint density at radius 1 is 1.24 bits per heavy atom. The lowest BCUT2D eigenvalue weighted by atomic mass is 10.2. The Kier molecular flexibility index (Phi) is 3.06. The quantitative estimate of drug-likeness (QED) is 0.628. The fourth-order valence-electron chi connectivity index (χ4n) is 2.29. The van der Waals surface area contributed by atoms with Crippen molar-refractivity contribution in [3.63, 3.8) is 0 Å². The number of carbonyl (C=O) groups is 1. The number of carbonyl (C=O) groups excluding carboxylic acids is 1. The molecule has 0 aliphatic rings. The van der Waals surface area contributed by atoms with Gasteiger partial charge in [0, 0.05) is 16.8 Å². The molecule has 3 aromatic rings. The monoisotopic (exact) mass is 281 g/mol. The zero-order valence-electron chi connectivity index (χ0n) is 11.8. The van der Waals surface area contributed by atoms with Gasteiger partial charge < -0.3 is 11.1 Å². The van der Waals surface area contributed by atoms with Gasteiger partial charge >= 0.3 is 0 Å². The molecule has 4 N–H and O–H groups in total. The summed E-state index contributed by atoms with van der Waals surface area (Å²) in [5.74, 6) is 0.196. The summed E-state index contributed by atoms with van der Waals surface area (Å²) in [5.41, 5.74) is 9.30. The van der Waals surface area contributed by atoms with Gasteiger partial charge in [-0.25, -0.2) is 4.98 Å². The first-order valence-electron chi connectivity index (χ1n) is 6.53. The average molecular weight is 281 g/mol. The van der Waals surface area contributed by atoms with Crippen molar-refractivity contribution in [1.29, 1.82) is 0 Å². The molecule has 21 heavy (non-hydrogen) atoms. The number of aromatic amines is 1. The number of nitrogens with zero attached hydrogens (tertiary/aromatic N) is 2. The minimum absolute atomic E-state index is 0.304. The van der Waals surface area contributed by atoms with Gasteiger partial charge in [0.2, 0.25) is 0 Å². The second kappa shape index (κ2) is 4.90. The molecule has 0 unspecified atom stereocenters. The highest BCUT2D eigenvalue weighted by Crippen LogP contribution is 2.20. The summed E-state index contributed by atoms with van der Waals surface area (Å²) in [6, 6.07) is 9.04. The molecule has 1 amide bonds. The number of H-pyrrole nitrogens is 1. The molecule has 1 aromatic carbocycles. The van der Waals surface area contributed by atoms with E-state index in [1.807, 2.05) is 26.0 Å². The van der Waals surface area contributed by atoms with Crippen molar-refractivity contribution in [3.8, 4) is 0 Å². The van der Waals surface area contributed by atoms with E-state index in [-0.39, 0.29) is 5.91 Å². The minimum Gasteiger partial charge on any atom is -0.399 e. The molecule has 0 bridgehead atoms. The van der Waals surface area contributed by atoms with E-state index >= 15 is 0 Å². The minimum atomic E-state index is -0.315. The summed E-state index contributed by atoms with van der Waals surface area (Å²) in [4.78, 5) is 16.6. The van der Waals surface area contributed by atoms with Gasteiger partial charge in [-0.05, 0) is 49.7 Å². The lowest BCUT2D eigenvalue weighted by Crippen LogP contribution is -2.14. The largest absolute Gasteiger partial charge is 0.399 e. The fraction of sp³-hybridized carbons (Fsp3) is 0.133. The average Bonchev–Trinajstić information content (AvgIpc) is 2.80. The standard InChI is InChI=1S/C15H15N5O/c1-8-5-9(2)17-13(6-8)18-15(21)14-11-7-10(16)3-4-12(11)19-20-14/h3-7H,16H2,1-2H3,(H,19,20)(H,17,18,21). The molecule has 6 heteroatoms. The van der Waals surface area contributed by atoms with Crippen LogP contribution in [0.2, 0.25) is 0 Å². The van der Waals surface area contributed by atoms with Gasteiger partial charge in [0.05, 0.1) is 5.52 Å². The molecule has 2 aromatic heterocycles. The molecule has 6 nitrogen and oxygen atoms in total. The third-order valence-electron chi connectivity index (χ3n) is 3.14. The first-order valence-corrected chi connectivity index (χ1v) is 6.53. The summed E-state index contributed by atoms with van der Waals surface area (Å²) in [6.07, 6.45) is 0. The molecule has 106 valence electrons. The van der Waals surface area contributed by atoms with E-state index in [0.29, 0.717) is 22.6 Å². The molecule has 0 radical (unpaired) electrons. The number of aryl methyl sites for hydroxylation is 2. The number of nitrogens with one attached hydrogen (secondary N) is 2. The number of nitrogens with two attached hydrogens (primary N) is 1. The number of anilines is 2. The van der Waals surface area contributed by atoms with Crippen molar-refractivity contribution in [2.45, 2.75) is 13.8 Å². The van der Waals surface area contributed by atoms with Crippen LogP contribution in [0.25, 0.3) is 10.9 Å². The highest BCUT2D eigenvalue weighted by atomic mass is 16.2.